The van der Waals surface area contributed by atoms with E-state index in [9.17, 15) is 4.79 Å². The van der Waals surface area contributed by atoms with Crippen LogP contribution >= 0.6 is 24.0 Å². The van der Waals surface area contributed by atoms with Gasteiger partial charge in [-0.15, -0.1) is 24.0 Å². The molecule has 1 saturated carbocycles. The lowest BCUT2D eigenvalue weighted by Gasteiger charge is -2.26. The molecule has 2 atom stereocenters. The van der Waals surface area contributed by atoms with Gasteiger partial charge >= 0.3 is 0 Å². The van der Waals surface area contributed by atoms with Gasteiger partial charge in [-0.2, -0.15) is 0 Å². The van der Waals surface area contributed by atoms with Crippen LogP contribution in [0.2, 0.25) is 0 Å². The number of benzene rings is 1. The first-order valence-electron chi connectivity index (χ1n) is 11.1. The van der Waals surface area contributed by atoms with Crippen molar-refractivity contribution >= 4 is 35.8 Å². The minimum Gasteiger partial charge on any atom is -0.354 e. The second-order valence-electron chi connectivity index (χ2n) is 8.49. The van der Waals surface area contributed by atoms with Crippen molar-refractivity contribution in [2.24, 2.45) is 4.99 Å². The molecule has 1 aliphatic carbocycles. The number of guanidine groups is 1. The number of carbonyl (C=O) groups excluding carboxylic acids is 1. The molecule has 3 rings (SSSR count). The minimum atomic E-state index is -0.397. The molecule has 0 aromatic heterocycles. The fraction of sp³-hybridized carbons (Fsp3) is 0.652. The summed E-state index contributed by atoms with van der Waals surface area (Å²) in [6.45, 7) is 3.35. The number of aliphatic imine (C=N–C) groups is 1. The molecule has 1 amide bonds. The molecule has 31 heavy (non-hydrogen) atoms. The van der Waals surface area contributed by atoms with Crippen LogP contribution in [0, 0.1) is 0 Å². The molecule has 0 bridgehead atoms. The van der Waals surface area contributed by atoms with Crippen LogP contribution in [0.4, 0.5) is 0 Å². The van der Waals surface area contributed by atoms with Gasteiger partial charge in [0.1, 0.15) is 12.6 Å². The van der Waals surface area contributed by atoms with Crippen molar-refractivity contribution in [1.29, 1.82) is 0 Å². The number of ether oxygens (including phenoxy) is 2. The summed E-state index contributed by atoms with van der Waals surface area (Å²) in [5.74, 6) is 0.166. The Kier molecular flexibility index (Phi) is 10.5. The van der Waals surface area contributed by atoms with Crippen LogP contribution in [0.5, 0.6) is 0 Å². The monoisotopic (exact) mass is 544 g/mol. The highest BCUT2D eigenvalue weighted by Crippen LogP contribution is 2.36. The summed E-state index contributed by atoms with van der Waals surface area (Å²) in [5.41, 5.74) is 1.16. The quantitative estimate of drug-likeness (QED) is 0.326. The molecule has 2 N–H and O–H groups in total. The van der Waals surface area contributed by atoms with E-state index in [0.29, 0.717) is 19.1 Å². The topological polar surface area (TPSA) is 75.2 Å². The van der Waals surface area contributed by atoms with E-state index < -0.39 is 5.79 Å². The standard InChI is InChI=1S/C23H36N4O3.HI/c1-18(19-11-7-6-8-12-19)26-22(25-16-21(28)27(2)3)24-15-20-17-29-23(30-20)13-9-4-5-10-14-23;/h6-8,11-12,18,20H,4-5,9-10,13-17H2,1-3H3,(H2,24,25,26);1H. The number of hydrogen-bond acceptors (Lipinski definition) is 4. The lowest BCUT2D eigenvalue weighted by Crippen LogP contribution is -2.44. The van der Waals surface area contributed by atoms with E-state index in [4.69, 9.17) is 9.47 Å². The van der Waals surface area contributed by atoms with Crippen molar-refractivity contribution in [2.75, 3.05) is 33.8 Å². The third kappa shape index (κ3) is 7.91. The van der Waals surface area contributed by atoms with E-state index in [1.54, 1.807) is 19.0 Å². The lowest BCUT2D eigenvalue weighted by atomic mass is 10.1. The van der Waals surface area contributed by atoms with Gasteiger partial charge < -0.3 is 25.0 Å². The molecule has 8 heteroatoms. The van der Waals surface area contributed by atoms with Crippen molar-refractivity contribution in [2.45, 2.75) is 63.4 Å². The van der Waals surface area contributed by atoms with Crippen molar-refractivity contribution in [3.05, 3.63) is 35.9 Å². The maximum atomic E-state index is 12.0. The largest absolute Gasteiger partial charge is 0.354 e. The van der Waals surface area contributed by atoms with E-state index in [1.165, 1.54) is 12.8 Å². The highest BCUT2D eigenvalue weighted by Gasteiger charge is 2.41. The Hall–Kier alpha value is -1.39. The number of nitrogens with zero attached hydrogens (tertiary/aromatic N) is 2. The summed E-state index contributed by atoms with van der Waals surface area (Å²) in [7, 11) is 3.47. The highest BCUT2D eigenvalue weighted by atomic mass is 127. The Balaban J connectivity index is 0.00000341. The van der Waals surface area contributed by atoms with Crippen LogP contribution < -0.4 is 10.6 Å². The molecule has 1 saturated heterocycles. The molecular weight excluding hydrogens is 507 g/mol. The molecule has 1 aromatic carbocycles. The zero-order valence-electron chi connectivity index (χ0n) is 18.9. The molecule has 2 unspecified atom stereocenters. The molecular formula is C23H37IN4O3. The first-order valence-corrected chi connectivity index (χ1v) is 11.1. The summed E-state index contributed by atoms with van der Waals surface area (Å²) in [5, 5.41) is 6.76. The number of amides is 1. The van der Waals surface area contributed by atoms with E-state index in [0.717, 1.165) is 31.2 Å². The van der Waals surface area contributed by atoms with Gasteiger partial charge in [-0.05, 0) is 25.3 Å². The third-order valence-corrected chi connectivity index (χ3v) is 5.80. The molecule has 0 radical (unpaired) electrons. The number of rotatable bonds is 6. The molecule has 1 aromatic rings. The molecule has 1 aliphatic heterocycles. The Morgan fingerprint density at radius 2 is 1.87 bits per heavy atom. The van der Waals surface area contributed by atoms with Gasteiger partial charge in [0.25, 0.3) is 0 Å². The van der Waals surface area contributed by atoms with Gasteiger partial charge in [0, 0.05) is 33.5 Å². The van der Waals surface area contributed by atoms with Crippen LogP contribution in [0.25, 0.3) is 0 Å². The Labute approximate surface area is 203 Å². The highest BCUT2D eigenvalue weighted by molar-refractivity contribution is 14.0. The zero-order chi connectivity index (χ0) is 21.4. The van der Waals surface area contributed by atoms with Crippen molar-refractivity contribution in [3.63, 3.8) is 0 Å². The number of nitrogens with one attached hydrogen (secondary N) is 2. The van der Waals surface area contributed by atoms with Gasteiger partial charge in [-0.25, -0.2) is 4.99 Å². The molecule has 1 heterocycles. The Morgan fingerprint density at radius 3 is 2.52 bits per heavy atom. The molecule has 1 spiro atoms. The average molecular weight is 544 g/mol. The predicted molar refractivity (Wildman–Crippen MR) is 134 cm³/mol. The van der Waals surface area contributed by atoms with Crippen molar-refractivity contribution in [3.8, 4) is 0 Å². The Bertz CT molecular complexity index is 706. The first kappa shape index (κ1) is 25.9. The van der Waals surface area contributed by atoms with Crippen LogP contribution in [-0.2, 0) is 14.3 Å². The predicted octanol–water partition coefficient (Wildman–Crippen LogP) is 3.45. The fourth-order valence-electron chi connectivity index (χ4n) is 3.93. The van der Waals surface area contributed by atoms with E-state index >= 15 is 0 Å². The van der Waals surface area contributed by atoms with Gasteiger partial charge in [0.2, 0.25) is 5.91 Å². The lowest BCUT2D eigenvalue weighted by molar-refractivity contribution is -0.175. The number of halogens is 1. The second-order valence-corrected chi connectivity index (χ2v) is 8.49. The Morgan fingerprint density at radius 1 is 1.19 bits per heavy atom. The summed E-state index contributed by atoms with van der Waals surface area (Å²) in [6, 6.07) is 10.2. The molecule has 7 nitrogen and oxygen atoms in total. The molecule has 174 valence electrons. The second kappa shape index (κ2) is 12.6. The van der Waals surface area contributed by atoms with Gasteiger partial charge in [-0.1, -0.05) is 43.2 Å². The van der Waals surface area contributed by atoms with Crippen molar-refractivity contribution in [1.82, 2.24) is 15.5 Å². The summed E-state index contributed by atoms with van der Waals surface area (Å²) < 4.78 is 12.4. The van der Waals surface area contributed by atoms with Crippen LogP contribution in [0.15, 0.2) is 35.3 Å². The normalized spacial score (nSPS) is 21.6. The van der Waals surface area contributed by atoms with Crippen molar-refractivity contribution < 1.29 is 14.3 Å². The number of likely N-dealkylation sites (N-methyl/N-ethyl adjacent to an activating group) is 1. The summed E-state index contributed by atoms with van der Waals surface area (Å²) in [4.78, 5) is 18.1. The average Bonchev–Trinajstić information content (AvgIpc) is 3.00. The van der Waals surface area contributed by atoms with E-state index in [-0.39, 0.29) is 48.6 Å². The smallest absolute Gasteiger partial charge is 0.243 e. The van der Waals surface area contributed by atoms with E-state index in [1.807, 2.05) is 18.2 Å². The van der Waals surface area contributed by atoms with E-state index in [2.05, 4.69) is 34.7 Å². The van der Waals surface area contributed by atoms with Crippen LogP contribution in [-0.4, -0.2) is 62.4 Å². The minimum absolute atomic E-state index is 0. The number of hydrogen-bond donors (Lipinski definition) is 2. The molecule has 2 fully saturated rings. The summed E-state index contributed by atoms with van der Waals surface area (Å²) >= 11 is 0. The zero-order valence-corrected chi connectivity index (χ0v) is 21.3. The van der Waals surface area contributed by atoms with Gasteiger partial charge in [0.15, 0.2) is 11.7 Å². The molecule has 2 aliphatic rings. The van der Waals surface area contributed by atoms with Crippen LogP contribution in [0.3, 0.4) is 0 Å². The number of carbonyl (C=O) groups is 1. The first-order chi connectivity index (χ1) is 14.5. The van der Waals surface area contributed by atoms with Gasteiger partial charge in [-0.3, -0.25) is 4.79 Å². The maximum absolute atomic E-state index is 12.0. The van der Waals surface area contributed by atoms with Crippen LogP contribution in [0.1, 0.15) is 57.1 Å². The fourth-order valence-corrected chi connectivity index (χ4v) is 3.93. The van der Waals surface area contributed by atoms with Gasteiger partial charge in [0.05, 0.1) is 12.6 Å². The SMILES string of the molecule is CC(NC(=NCC(=O)N(C)C)NCC1COC2(CCCCCC2)O1)c1ccccc1.I. The third-order valence-electron chi connectivity index (χ3n) is 5.80. The summed E-state index contributed by atoms with van der Waals surface area (Å²) in [6.07, 6.45) is 6.78. The maximum Gasteiger partial charge on any atom is 0.243 e.